The van der Waals surface area contributed by atoms with Crippen molar-refractivity contribution in [2.75, 3.05) is 19.6 Å². The van der Waals surface area contributed by atoms with Crippen LogP contribution < -0.4 is 0 Å². The first-order chi connectivity index (χ1) is 14.1. The van der Waals surface area contributed by atoms with E-state index in [9.17, 15) is 13.2 Å². The van der Waals surface area contributed by atoms with Gasteiger partial charge in [0.15, 0.2) is 0 Å². The topological polar surface area (TPSA) is 95.6 Å². The maximum atomic E-state index is 13.3. The Hall–Kier alpha value is -2.39. The number of likely N-dealkylation sites (tertiary alicyclic amines) is 1. The molecule has 2 unspecified atom stereocenters. The summed E-state index contributed by atoms with van der Waals surface area (Å²) in [6.07, 6.45) is 5.64. The lowest BCUT2D eigenvalue weighted by molar-refractivity contribution is 0.0896. The van der Waals surface area contributed by atoms with Crippen molar-refractivity contribution in [2.24, 2.45) is 0 Å². The summed E-state index contributed by atoms with van der Waals surface area (Å²) in [5.74, 6) is 0.681. The van der Waals surface area contributed by atoms with Gasteiger partial charge in [0, 0.05) is 32.0 Å². The first-order valence-electron chi connectivity index (χ1n) is 10.0. The fourth-order valence-corrected chi connectivity index (χ4v) is 6.29. The number of nitrogens with one attached hydrogen (secondary N) is 1. The second kappa shape index (κ2) is 8.54. The molecule has 1 aromatic carbocycles. The van der Waals surface area contributed by atoms with E-state index in [0.29, 0.717) is 31.8 Å². The molecule has 9 heteroatoms. The molecule has 2 atom stereocenters. The van der Waals surface area contributed by atoms with E-state index >= 15 is 0 Å². The molecule has 1 amide bonds. The lowest BCUT2D eigenvalue weighted by atomic mass is 10.1. The van der Waals surface area contributed by atoms with Gasteiger partial charge in [-0.3, -0.25) is 0 Å². The Morgan fingerprint density at radius 2 is 1.97 bits per heavy atom. The molecule has 2 aromatic rings. The number of amides is 1. The summed E-state index contributed by atoms with van der Waals surface area (Å²) >= 11 is 0. The molecule has 8 nitrogen and oxygen atoms in total. The van der Waals surface area contributed by atoms with Crippen molar-refractivity contribution in [3.8, 4) is 0 Å². The molecule has 1 N–H and O–H groups in total. The number of imidazole rings is 1. The van der Waals surface area contributed by atoms with E-state index in [2.05, 4.69) is 9.97 Å². The predicted octanol–water partition coefficient (Wildman–Crippen LogP) is 2.68. The number of carbonyl (C=O) groups is 1. The third kappa shape index (κ3) is 4.30. The number of ether oxygens (including phenoxy) is 1. The number of benzene rings is 1. The summed E-state index contributed by atoms with van der Waals surface area (Å²) in [5.41, 5.74) is 0.903. The van der Waals surface area contributed by atoms with Gasteiger partial charge in [-0.05, 0) is 31.2 Å². The third-order valence-corrected chi connectivity index (χ3v) is 7.95. The predicted molar refractivity (Wildman–Crippen MR) is 107 cm³/mol. The maximum Gasteiger partial charge on any atom is 0.410 e. The summed E-state index contributed by atoms with van der Waals surface area (Å²) in [6.45, 7) is 1.35. The van der Waals surface area contributed by atoms with Gasteiger partial charge in [0.05, 0.1) is 11.3 Å². The molecule has 0 bridgehead atoms. The Kier molecular flexibility index (Phi) is 5.86. The highest BCUT2D eigenvalue weighted by Crippen LogP contribution is 2.35. The number of H-pyrrole nitrogens is 1. The smallest absolute Gasteiger partial charge is 0.410 e. The largest absolute Gasteiger partial charge is 0.445 e. The van der Waals surface area contributed by atoms with E-state index < -0.39 is 21.4 Å². The van der Waals surface area contributed by atoms with Gasteiger partial charge in [-0.25, -0.2) is 18.2 Å². The highest BCUT2D eigenvalue weighted by molar-refractivity contribution is 7.89. The minimum Gasteiger partial charge on any atom is -0.445 e. The number of aromatic nitrogens is 2. The maximum absolute atomic E-state index is 13.3. The Balaban J connectivity index is 1.41. The first-order valence-corrected chi connectivity index (χ1v) is 11.5. The normalized spacial score (nSPS) is 23.2. The summed E-state index contributed by atoms with van der Waals surface area (Å²) in [7, 11) is -3.55. The lowest BCUT2D eigenvalue weighted by Crippen LogP contribution is -2.49. The molecule has 0 saturated carbocycles. The molecule has 0 spiro atoms. The SMILES string of the molecule is O=C(OCc1ccccc1)N1CCCC(S(=O)(=O)N2CCCC2c2ncc[nH]2)C1. The number of piperidine rings is 1. The molecular weight excluding hydrogens is 392 g/mol. The van der Waals surface area contributed by atoms with Crippen LogP contribution >= 0.6 is 0 Å². The Labute approximate surface area is 170 Å². The van der Waals surface area contributed by atoms with E-state index in [-0.39, 0.29) is 19.2 Å². The monoisotopic (exact) mass is 418 g/mol. The van der Waals surface area contributed by atoms with Gasteiger partial charge in [0.1, 0.15) is 12.4 Å². The van der Waals surface area contributed by atoms with Crippen LogP contribution in [0.4, 0.5) is 4.79 Å². The van der Waals surface area contributed by atoms with Gasteiger partial charge < -0.3 is 14.6 Å². The third-order valence-electron chi connectivity index (χ3n) is 5.63. The molecule has 0 radical (unpaired) electrons. The minimum atomic E-state index is -3.55. The highest BCUT2D eigenvalue weighted by Gasteiger charge is 2.43. The number of nitrogens with zero attached hydrogens (tertiary/aromatic N) is 3. The van der Waals surface area contributed by atoms with Crippen LogP contribution in [0.3, 0.4) is 0 Å². The lowest BCUT2D eigenvalue weighted by Gasteiger charge is -2.35. The van der Waals surface area contributed by atoms with Crippen molar-refractivity contribution in [3.63, 3.8) is 0 Å². The highest BCUT2D eigenvalue weighted by atomic mass is 32.2. The van der Waals surface area contributed by atoms with Crippen molar-refractivity contribution in [1.82, 2.24) is 19.2 Å². The summed E-state index contributed by atoms with van der Waals surface area (Å²) in [5, 5.41) is -0.615. The average Bonchev–Trinajstić information content (AvgIpc) is 3.44. The number of rotatable bonds is 5. The van der Waals surface area contributed by atoms with E-state index in [1.54, 1.807) is 16.7 Å². The van der Waals surface area contributed by atoms with Gasteiger partial charge in [-0.2, -0.15) is 4.31 Å². The van der Waals surface area contributed by atoms with Gasteiger partial charge in [-0.1, -0.05) is 30.3 Å². The van der Waals surface area contributed by atoms with E-state index in [0.717, 1.165) is 18.4 Å². The zero-order valence-electron chi connectivity index (χ0n) is 16.2. The molecule has 156 valence electrons. The van der Waals surface area contributed by atoms with Gasteiger partial charge in [0.25, 0.3) is 0 Å². The fraction of sp³-hybridized carbons (Fsp3) is 0.500. The molecule has 2 saturated heterocycles. The van der Waals surface area contributed by atoms with Crippen molar-refractivity contribution >= 4 is 16.1 Å². The summed E-state index contributed by atoms with van der Waals surface area (Å²) in [4.78, 5) is 21.3. The Bertz CT molecular complexity index is 917. The van der Waals surface area contributed by atoms with E-state index in [1.807, 2.05) is 30.3 Å². The van der Waals surface area contributed by atoms with E-state index in [4.69, 9.17) is 4.74 Å². The van der Waals surface area contributed by atoms with Crippen LogP contribution in [0.15, 0.2) is 42.7 Å². The molecule has 3 heterocycles. The van der Waals surface area contributed by atoms with Crippen molar-refractivity contribution in [2.45, 2.75) is 43.6 Å². The van der Waals surface area contributed by atoms with Crippen LogP contribution in [0.5, 0.6) is 0 Å². The van der Waals surface area contributed by atoms with Crippen LogP contribution in [0.25, 0.3) is 0 Å². The average molecular weight is 419 g/mol. The zero-order chi connectivity index (χ0) is 20.3. The molecule has 2 aliphatic rings. The number of aromatic amines is 1. The van der Waals surface area contributed by atoms with Crippen molar-refractivity contribution in [1.29, 1.82) is 0 Å². The van der Waals surface area contributed by atoms with Crippen LogP contribution in [0.1, 0.15) is 43.1 Å². The number of hydrogen-bond donors (Lipinski definition) is 1. The minimum absolute atomic E-state index is 0.164. The van der Waals surface area contributed by atoms with Crippen LogP contribution in [0, 0.1) is 0 Å². The molecule has 4 rings (SSSR count). The number of carbonyl (C=O) groups excluding carboxylic acids is 1. The van der Waals surface area contributed by atoms with Crippen molar-refractivity contribution in [3.05, 3.63) is 54.1 Å². The Morgan fingerprint density at radius 1 is 1.17 bits per heavy atom. The standard InChI is InChI=1S/C20H26N4O4S/c25-20(28-15-16-6-2-1-3-7-16)23-12-4-8-17(14-23)29(26,27)24-13-5-9-18(24)19-21-10-11-22-19/h1-3,6-7,10-11,17-18H,4-5,8-9,12-15H2,(H,21,22). The van der Waals surface area contributed by atoms with Crippen LogP contribution in [0.2, 0.25) is 0 Å². The summed E-state index contributed by atoms with van der Waals surface area (Å²) in [6, 6.07) is 9.20. The van der Waals surface area contributed by atoms with Crippen molar-refractivity contribution < 1.29 is 17.9 Å². The second-order valence-electron chi connectivity index (χ2n) is 7.54. The Morgan fingerprint density at radius 3 is 2.72 bits per heavy atom. The first kappa shape index (κ1) is 19.9. The molecule has 2 fully saturated rings. The van der Waals surface area contributed by atoms with Gasteiger partial charge in [0.2, 0.25) is 10.0 Å². The molecule has 29 heavy (non-hydrogen) atoms. The molecule has 0 aliphatic carbocycles. The quantitative estimate of drug-likeness (QED) is 0.805. The van der Waals surface area contributed by atoms with E-state index in [1.165, 1.54) is 4.90 Å². The van der Waals surface area contributed by atoms with Crippen LogP contribution in [-0.4, -0.2) is 58.6 Å². The summed E-state index contributed by atoms with van der Waals surface area (Å²) < 4.78 is 33.7. The fourth-order valence-electron chi connectivity index (χ4n) is 4.13. The van der Waals surface area contributed by atoms with Crippen LogP contribution in [-0.2, 0) is 21.4 Å². The number of hydrogen-bond acceptors (Lipinski definition) is 5. The molecule has 2 aliphatic heterocycles. The van der Waals surface area contributed by atoms with Gasteiger partial charge >= 0.3 is 6.09 Å². The molecule has 1 aromatic heterocycles. The second-order valence-corrected chi connectivity index (χ2v) is 9.70. The van der Waals surface area contributed by atoms with Gasteiger partial charge in [-0.15, -0.1) is 0 Å². The molecular formula is C20H26N4O4S. The number of sulfonamides is 1. The zero-order valence-corrected chi connectivity index (χ0v) is 17.1.